The number of rotatable bonds is 6. The number of hydrogen-bond donors (Lipinski definition) is 1. The Bertz CT molecular complexity index is 496. The molecule has 0 radical (unpaired) electrons. The summed E-state index contributed by atoms with van der Waals surface area (Å²) in [6.07, 6.45) is 2.63. The van der Waals surface area contributed by atoms with E-state index in [0.717, 1.165) is 18.5 Å². The van der Waals surface area contributed by atoms with E-state index in [0.29, 0.717) is 36.3 Å². The summed E-state index contributed by atoms with van der Waals surface area (Å²) in [5.74, 6) is 1.35. The first-order chi connectivity index (χ1) is 9.58. The molecule has 0 saturated heterocycles. The summed E-state index contributed by atoms with van der Waals surface area (Å²) in [6.45, 7) is 4.63. The molecule has 4 nitrogen and oxygen atoms in total. The van der Waals surface area contributed by atoms with Crippen molar-refractivity contribution in [3.05, 3.63) is 22.7 Å². The van der Waals surface area contributed by atoms with E-state index in [2.05, 4.69) is 5.32 Å². The molecule has 1 aromatic rings. The van der Waals surface area contributed by atoms with Gasteiger partial charge in [0, 0.05) is 28.9 Å². The number of nitrogens with one attached hydrogen (secondary N) is 1. The van der Waals surface area contributed by atoms with Crippen LogP contribution >= 0.6 is 11.6 Å². The van der Waals surface area contributed by atoms with Crippen LogP contribution in [0.25, 0.3) is 0 Å². The summed E-state index contributed by atoms with van der Waals surface area (Å²) in [5.41, 5.74) is 1.06. The zero-order valence-electron chi connectivity index (χ0n) is 11.8. The number of ether oxygens (including phenoxy) is 2. The van der Waals surface area contributed by atoms with E-state index in [1.807, 2.05) is 19.1 Å². The Morgan fingerprint density at radius 2 is 2.15 bits per heavy atom. The van der Waals surface area contributed by atoms with Gasteiger partial charge in [-0.15, -0.1) is 0 Å². The fourth-order valence-electron chi connectivity index (χ4n) is 1.97. The lowest BCUT2D eigenvalue weighted by atomic mass is 10.2. The molecule has 1 aliphatic heterocycles. The van der Waals surface area contributed by atoms with Crippen molar-refractivity contribution in [2.75, 3.05) is 26.0 Å². The summed E-state index contributed by atoms with van der Waals surface area (Å²) < 4.78 is 22.3. The molecule has 2 atom stereocenters. The van der Waals surface area contributed by atoms with Crippen molar-refractivity contribution in [1.29, 1.82) is 0 Å². The van der Waals surface area contributed by atoms with Gasteiger partial charge in [0.25, 0.3) is 0 Å². The highest BCUT2D eigenvalue weighted by Crippen LogP contribution is 2.38. The number of fused-ring (bicyclic) bond motifs is 1. The van der Waals surface area contributed by atoms with Crippen LogP contribution in [0, 0.1) is 0 Å². The third-order valence-electron chi connectivity index (χ3n) is 3.28. The van der Waals surface area contributed by atoms with Crippen LogP contribution in [0.5, 0.6) is 11.5 Å². The largest absolute Gasteiger partial charge is 0.486 e. The molecule has 112 valence electrons. The van der Waals surface area contributed by atoms with Crippen molar-refractivity contribution in [3.8, 4) is 11.5 Å². The van der Waals surface area contributed by atoms with Crippen molar-refractivity contribution in [1.82, 2.24) is 5.32 Å². The van der Waals surface area contributed by atoms with E-state index in [4.69, 9.17) is 21.1 Å². The number of hydrogen-bond acceptors (Lipinski definition) is 4. The normalized spacial score (nSPS) is 16.8. The lowest BCUT2D eigenvalue weighted by Gasteiger charge is -2.20. The second-order valence-electron chi connectivity index (χ2n) is 4.88. The van der Waals surface area contributed by atoms with Gasteiger partial charge in [-0.3, -0.25) is 4.21 Å². The Morgan fingerprint density at radius 3 is 2.90 bits per heavy atom. The molecule has 0 aliphatic carbocycles. The predicted molar refractivity (Wildman–Crippen MR) is 82.3 cm³/mol. The van der Waals surface area contributed by atoms with Gasteiger partial charge >= 0.3 is 0 Å². The third-order valence-corrected chi connectivity index (χ3v) is 4.93. The van der Waals surface area contributed by atoms with Gasteiger partial charge in [0.2, 0.25) is 0 Å². The predicted octanol–water partition coefficient (Wildman–Crippen LogP) is 2.36. The summed E-state index contributed by atoms with van der Waals surface area (Å²) >= 11 is 6.18. The van der Waals surface area contributed by atoms with Crippen LogP contribution in [0.15, 0.2) is 12.1 Å². The minimum Gasteiger partial charge on any atom is -0.486 e. The van der Waals surface area contributed by atoms with Gasteiger partial charge in [0.1, 0.15) is 13.2 Å². The fraction of sp³-hybridized carbons (Fsp3) is 0.571. The van der Waals surface area contributed by atoms with Gasteiger partial charge in [-0.05, 0) is 30.7 Å². The van der Waals surface area contributed by atoms with E-state index in [-0.39, 0.29) is 5.25 Å². The van der Waals surface area contributed by atoms with Crippen LogP contribution in [-0.2, 0) is 17.3 Å². The smallest absolute Gasteiger partial charge is 0.179 e. The average Bonchev–Trinajstić information content (AvgIpc) is 2.43. The highest BCUT2D eigenvalue weighted by Gasteiger charge is 2.16. The molecule has 20 heavy (non-hydrogen) atoms. The first-order valence-electron chi connectivity index (χ1n) is 6.69. The molecule has 1 heterocycles. The Kier molecular flexibility index (Phi) is 5.69. The summed E-state index contributed by atoms with van der Waals surface area (Å²) in [6, 6.07) is 3.85. The average molecular weight is 318 g/mol. The van der Waals surface area contributed by atoms with E-state index in [9.17, 15) is 4.21 Å². The Morgan fingerprint density at radius 1 is 1.40 bits per heavy atom. The maximum Gasteiger partial charge on any atom is 0.179 e. The molecule has 1 N–H and O–H groups in total. The molecular weight excluding hydrogens is 298 g/mol. The maximum absolute atomic E-state index is 11.2. The van der Waals surface area contributed by atoms with Crippen LogP contribution < -0.4 is 14.8 Å². The second-order valence-corrected chi connectivity index (χ2v) is 7.09. The van der Waals surface area contributed by atoms with Crippen molar-refractivity contribution in [2.24, 2.45) is 0 Å². The van der Waals surface area contributed by atoms with Crippen LogP contribution in [-0.4, -0.2) is 35.5 Å². The van der Waals surface area contributed by atoms with E-state index in [1.165, 1.54) is 0 Å². The monoisotopic (exact) mass is 317 g/mol. The van der Waals surface area contributed by atoms with Crippen molar-refractivity contribution in [2.45, 2.75) is 25.1 Å². The quantitative estimate of drug-likeness (QED) is 0.818. The lowest BCUT2D eigenvalue weighted by molar-refractivity contribution is 0.171. The van der Waals surface area contributed by atoms with Gasteiger partial charge in [-0.2, -0.15) is 0 Å². The third kappa shape index (κ3) is 4.11. The molecule has 1 aliphatic rings. The Balaban J connectivity index is 1.87. The Labute approximate surface area is 127 Å². The highest BCUT2D eigenvalue weighted by atomic mass is 35.5. The molecule has 2 rings (SSSR count). The SMILES string of the molecule is CC(CCNCc1cc(Cl)c2c(c1)OCCO2)S(C)=O. The topological polar surface area (TPSA) is 47.6 Å². The van der Waals surface area contributed by atoms with Crippen LogP contribution in [0.4, 0.5) is 0 Å². The number of benzene rings is 1. The van der Waals surface area contributed by atoms with Crippen molar-refractivity contribution < 1.29 is 13.7 Å². The molecule has 6 heteroatoms. The van der Waals surface area contributed by atoms with E-state index < -0.39 is 10.8 Å². The zero-order chi connectivity index (χ0) is 14.5. The first-order valence-corrected chi connectivity index (χ1v) is 8.69. The lowest BCUT2D eigenvalue weighted by Crippen LogP contribution is -2.21. The van der Waals surface area contributed by atoms with Gasteiger partial charge in [-0.25, -0.2) is 0 Å². The molecule has 0 bridgehead atoms. The van der Waals surface area contributed by atoms with Crippen molar-refractivity contribution in [3.63, 3.8) is 0 Å². The first kappa shape index (κ1) is 15.6. The summed E-state index contributed by atoms with van der Waals surface area (Å²) in [5, 5.41) is 4.13. The van der Waals surface area contributed by atoms with Gasteiger partial charge in [-0.1, -0.05) is 18.5 Å². The minimum absolute atomic E-state index is 0.214. The molecule has 2 unspecified atom stereocenters. The maximum atomic E-state index is 11.2. The van der Waals surface area contributed by atoms with Gasteiger partial charge in [0.05, 0.1) is 5.02 Å². The van der Waals surface area contributed by atoms with E-state index in [1.54, 1.807) is 6.26 Å². The minimum atomic E-state index is -0.761. The highest BCUT2D eigenvalue weighted by molar-refractivity contribution is 7.84. The molecule has 0 aromatic heterocycles. The van der Waals surface area contributed by atoms with Crippen LogP contribution in [0.1, 0.15) is 18.9 Å². The fourth-order valence-corrected chi connectivity index (χ4v) is 2.71. The molecular formula is C14H20ClNO3S. The molecule has 0 spiro atoms. The molecule has 1 aromatic carbocycles. The molecule has 0 saturated carbocycles. The summed E-state index contributed by atoms with van der Waals surface area (Å²) in [7, 11) is -0.761. The zero-order valence-corrected chi connectivity index (χ0v) is 13.4. The molecule has 0 fully saturated rings. The Hall–Kier alpha value is -0.780. The molecule has 0 amide bonds. The standard InChI is InChI=1S/C14H20ClNO3S/c1-10(20(2)17)3-4-16-9-11-7-12(15)14-13(8-11)18-5-6-19-14/h7-8,10,16H,3-6,9H2,1-2H3. The van der Waals surface area contributed by atoms with E-state index >= 15 is 0 Å². The second kappa shape index (κ2) is 7.29. The summed E-state index contributed by atoms with van der Waals surface area (Å²) in [4.78, 5) is 0. The van der Waals surface area contributed by atoms with Crippen LogP contribution in [0.3, 0.4) is 0 Å². The van der Waals surface area contributed by atoms with Gasteiger partial charge in [0.15, 0.2) is 11.5 Å². The number of halogens is 1. The van der Waals surface area contributed by atoms with Gasteiger partial charge < -0.3 is 14.8 Å². The van der Waals surface area contributed by atoms with Crippen molar-refractivity contribution >= 4 is 22.4 Å². The van der Waals surface area contributed by atoms with Crippen LogP contribution in [0.2, 0.25) is 5.02 Å².